The minimum atomic E-state index is -4.75. The van der Waals surface area contributed by atoms with Crippen LogP contribution in [0.1, 0.15) is 0 Å². The van der Waals surface area contributed by atoms with Gasteiger partial charge in [0, 0.05) is 10.5 Å². The van der Waals surface area contributed by atoms with Crippen molar-refractivity contribution in [3.63, 3.8) is 0 Å². The Morgan fingerprint density at radius 1 is 1.20 bits per heavy atom. The maximum Gasteiger partial charge on any atom is 0.333 e. The van der Waals surface area contributed by atoms with Crippen molar-refractivity contribution in [2.75, 3.05) is 13.2 Å². The maximum atomic E-state index is 12.8. The number of rotatable bonds is 1. The van der Waals surface area contributed by atoms with Gasteiger partial charge in [-0.05, 0) is 22.0 Å². The van der Waals surface area contributed by atoms with Gasteiger partial charge in [-0.2, -0.15) is 8.42 Å². The minimum Gasteiger partial charge on any atom is -0.486 e. The van der Waals surface area contributed by atoms with Crippen LogP contribution in [0.4, 0.5) is 3.89 Å². The van der Waals surface area contributed by atoms with Crippen molar-refractivity contribution < 1.29 is 21.8 Å². The molecule has 0 bridgehead atoms. The van der Waals surface area contributed by atoms with Gasteiger partial charge in [-0.25, -0.2) is 0 Å². The van der Waals surface area contributed by atoms with Gasteiger partial charge in [-0.1, -0.05) is 0 Å². The molecule has 1 aromatic carbocycles. The summed E-state index contributed by atoms with van der Waals surface area (Å²) in [5.74, 6) is 0.640. The summed E-state index contributed by atoms with van der Waals surface area (Å²) in [6.45, 7) is 0.710. The van der Waals surface area contributed by atoms with Crippen molar-refractivity contribution in [3.05, 3.63) is 16.6 Å². The predicted octanol–water partition coefficient (Wildman–Crippen LogP) is 1.88. The summed E-state index contributed by atoms with van der Waals surface area (Å²) in [5, 5.41) is 0. The van der Waals surface area contributed by atoms with E-state index in [0.29, 0.717) is 19.0 Å². The maximum absolute atomic E-state index is 12.8. The lowest BCUT2D eigenvalue weighted by Crippen LogP contribution is -2.15. The van der Waals surface area contributed by atoms with Crippen molar-refractivity contribution in [2.45, 2.75) is 4.90 Å². The Hall–Kier alpha value is -0.820. The van der Waals surface area contributed by atoms with Gasteiger partial charge >= 0.3 is 10.2 Å². The second-order valence-electron chi connectivity index (χ2n) is 2.86. The Balaban J connectivity index is 2.60. The highest BCUT2D eigenvalue weighted by Gasteiger charge is 2.22. The van der Waals surface area contributed by atoms with Crippen molar-refractivity contribution in [3.8, 4) is 11.5 Å². The highest BCUT2D eigenvalue weighted by Crippen LogP contribution is 2.37. The molecule has 0 saturated carbocycles. The zero-order valence-electron chi connectivity index (χ0n) is 7.37. The summed E-state index contributed by atoms with van der Waals surface area (Å²) in [6.07, 6.45) is 0. The molecule has 82 valence electrons. The van der Waals surface area contributed by atoms with Crippen LogP contribution in [0.15, 0.2) is 21.5 Å². The molecule has 0 atom stereocenters. The molecule has 0 unspecified atom stereocenters. The molecule has 0 amide bonds. The Bertz CT molecular complexity index is 500. The van der Waals surface area contributed by atoms with Gasteiger partial charge in [0.1, 0.15) is 18.1 Å². The standard InChI is InChI=1S/C8H6BrFO4S/c9-5-3-6-7(14-2-1-13-6)4-8(5)15(10,11)12/h3-4H,1-2H2. The average Bonchev–Trinajstić information content (AvgIpc) is 2.15. The van der Waals surface area contributed by atoms with Gasteiger partial charge < -0.3 is 9.47 Å². The van der Waals surface area contributed by atoms with E-state index in [9.17, 15) is 12.3 Å². The van der Waals surface area contributed by atoms with Crippen LogP contribution in [0.2, 0.25) is 0 Å². The van der Waals surface area contributed by atoms with Crippen molar-refractivity contribution in [2.24, 2.45) is 0 Å². The molecule has 1 aliphatic rings. The van der Waals surface area contributed by atoms with Crippen LogP contribution in [-0.2, 0) is 10.2 Å². The molecule has 7 heteroatoms. The van der Waals surface area contributed by atoms with Gasteiger partial charge in [0.2, 0.25) is 0 Å². The first-order valence-electron chi connectivity index (χ1n) is 4.02. The van der Waals surface area contributed by atoms with E-state index in [4.69, 9.17) is 9.47 Å². The van der Waals surface area contributed by atoms with Crippen molar-refractivity contribution >= 4 is 26.2 Å². The fourth-order valence-corrected chi connectivity index (χ4v) is 2.67. The van der Waals surface area contributed by atoms with E-state index in [2.05, 4.69) is 15.9 Å². The fourth-order valence-electron chi connectivity index (χ4n) is 1.23. The van der Waals surface area contributed by atoms with Crippen LogP contribution in [-0.4, -0.2) is 21.6 Å². The number of fused-ring (bicyclic) bond motifs is 1. The lowest BCUT2D eigenvalue weighted by molar-refractivity contribution is 0.171. The molecular weight excluding hydrogens is 291 g/mol. The van der Waals surface area contributed by atoms with E-state index >= 15 is 0 Å². The summed E-state index contributed by atoms with van der Waals surface area (Å²) >= 11 is 2.96. The predicted molar refractivity (Wildman–Crippen MR) is 53.4 cm³/mol. The lowest BCUT2D eigenvalue weighted by atomic mass is 10.3. The molecule has 4 nitrogen and oxygen atoms in total. The molecule has 0 saturated heterocycles. The average molecular weight is 297 g/mol. The summed E-state index contributed by atoms with van der Waals surface area (Å²) in [4.78, 5) is -0.452. The molecular formula is C8H6BrFO4S. The molecule has 0 spiro atoms. The third-order valence-electron chi connectivity index (χ3n) is 1.86. The Morgan fingerprint density at radius 2 is 1.73 bits per heavy atom. The molecule has 1 heterocycles. The quantitative estimate of drug-likeness (QED) is 0.743. The third kappa shape index (κ3) is 2.07. The largest absolute Gasteiger partial charge is 0.486 e. The molecule has 1 aromatic rings. The van der Waals surface area contributed by atoms with Crippen LogP contribution in [0.3, 0.4) is 0 Å². The van der Waals surface area contributed by atoms with Gasteiger partial charge in [0.25, 0.3) is 0 Å². The first-order valence-corrected chi connectivity index (χ1v) is 6.20. The van der Waals surface area contributed by atoms with E-state index in [1.165, 1.54) is 6.07 Å². The van der Waals surface area contributed by atoms with Crippen molar-refractivity contribution in [1.82, 2.24) is 0 Å². The first-order chi connectivity index (χ1) is 6.98. The summed E-state index contributed by atoms with van der Waals surface area (Å²) in [5.41, 5.74) is 0. The zero-order chi connectivity index (χ0) is 11.1. The number of benzene rings is 1. The smallest absolute Gasteiger partial charge is 0.333 e. The molecule has 0 radical (unpaired) electrons. The van der Waals surface area contributed by atoms with Gasteiger partial charge in [0.05, 0.1) is 0 Å². The highest BCUT2D eigenvalue weighted by molar-refractivity contribution is 9.10. The van der Waals surface area contributed by atoms with E-state index in [-0.39, 0.29) is 10.2 Å². The Kier molecular flexibility index (Phi) is 2.59. The Labute approximate surface area is 94.3 Å². The first kappa shape index (κ1) is 10.7. The Morgan fingerprint density at radius 3 is 2.27 bits per heavy atom. The highest BCUT2D eigenvalue weighted by atomic mass is 79.9. The van der Waals surface area contributed by atoms with E-state index in [1.54, 1.807) is 0 Å². The molecule has 0 fully saturated rings. The summed E-state index contributed by atoms with van der Waals surface area (Å²) in [6, 6.07) is 2.48. The number of ether oxygens (including phenoxy) is 2. The van der Waals surface area contributed by atoms with Gasteiger partial charge in [-0.15, -0.1) is 3.89 Å². The summed E-state index contributed by atoms with van der Waals surface area (Å²) in [7, 11) is -4.75. The van der Waals surface area contributed by atoms with E-state index < -0.39 is 15.1 Å². The third-order valence-corrected chi connectivity index (χ3v) is 3.64. The lowest BCUT2D eigenvalue weighted by Gasteiger charge is -2.18. The monoisotopic (exact) mass is 296 g/mol. The SMILES string of the molecule is O=S(=O)(F)c1cc2c(cc1Br)OCCO2. The molecule has 2 rings (SSSR count). The van der Waals surface area contributed by atoms with Crippen LogP contribution in [0, 0.1) is 0 Å². The second-order valence-corrected chi connectivity index (χ2v) is 5.03. The minimum absolute atomic E-state index is 0.120. The van der Waals surface area contributed by atoms with Gasteiger partial charge in [-0.3, -0.25) is 0 Å². The van der Waals surface area contributed by atoms with E-state index in [0.717, 1.165) is 6.07 Å². The van der Waals surface area contributed by atoms with Crippen LogP contribution in [0.5, 0.6) is 11.5 Å². The fraction of sp³-hybridized carbons (Fsp3) is 0.250. The molecule has 15 heavy (non-hydrogen) atoms. The normalized spacial score (nSPS) is 15.1. The van der Waals surface area contributed by atoms with Gasteiger partial charge in [0.15, 0.2) is 11.5 Å². The number of hydrogen-bond donors (Lipinski definition) is 0. The number of hydrogen-bond acceptors (Lipinski definition) is 4. The van der Waals surface area contributed by atoms with Crippen LogP contribution >= 0.6 is 15.9 Å². The zero-order valence-corrected chi connectivity index (χ0v) is 9.77. The van der Waals surface area contributed by atoms with Crippen molar-refractivity contribution in [1.29, 1.82) is 0 Å². The van der Waals surface area contributed by atoms with E-state index in [1.807, 2.05) is 0 Å². The van der Waals surface area contributed by atoms with Crippen LogP contribution in [0.25, 0.3) is 0 Å². The molecule has 0 aliphatic carbocycles. The summed E-state index contributed by atoms with van der Waals surface area (Å²) < 4.78 is 44.7. The molecule has 0 aromatic heterocycles. The number of halogens is 2. The molecule has 0 N–H and O–H groups in total. The topological polar surface area (TPSA) is 52.6 Å². The second kappa shape index (κ2) is 3.64. The molecule has 1 aliphatic heterocycles. The van der Waals surface area contributed by atoms with Crippen LogP contribution < -0.4 is 9.47 Å².